The van der Waals surface area contributed by atoms with Crippen molar-refractivity contribution in [1.29, 1.82) is 0 Å². The average molecular weight is 364 g/mol. The molecule has 3 aromatic rings. The summed E-state index contributed by atoms with van der Waals surface area (Å²) in [5, 5.41) is 8.83. The van der Waals surface area contributed by atoms with Crippen LogP contribution in [0.2, 0.25) is 0 Å². The number of imidazole rings is 1. The molecule has 8 nitrogen and oxygen atoms in total. The van der Waals surface area contributed by atoms with Gasteiger partial charge in [-0.15, -0.1) is 0 Å². The molecule has 0 aliphatic carbocycles. The number of benzene rings is 2. The van der Waals surface area contributed by atoms with Crippen molar-refractivity contribution in [1.82, 2.24) is 15.0 Å². The maximum absolute atomic E-state index is 12.4. The van der Waals surface area contributed by atoms with E-state index in [1.54, 1.807) is 29.0 Å². The monoisotopic (exact) mass is 364 g/mol. The van der Waals surface area contributed by atoms with Gasteiger partial charge in [0, 0.05) is 23.6 Å². The number of ether oxygens (including phenoxy) is 1. The van der Waals surface area contributed by atoms with Crippen molar-refractivity contribution in [3.63, 3.8) is 0 Å². The summed E-state index contributed by atoms with van der Waals surface area (Å²) in [6.45, 7) is 0.273. The van der Waals surface area contributed by atoms with E-state index in [0.29, 0.717) is 18.0 Å². The van der Waals surface area contributed by atoms with Crippen LogP contribution in [0.3, 0.4) is 0 Å². The summed E-state index contributed by atoms with van der Waals surface area (Å²) >= 11 is 0. The van der Waals surface area contributed by atoms with Gasteiger partial charge < -0.3 is 14.2 Å². The van der Waals surface area contributed by atoms with E-state index in [0.717, 1.165) is 11.3 Å². The minimum atomic E-state index is -0.652. The molecule has 0 fully saturated rings. The van der Waals surface area contributed by atoms with Gasteiger partial charge in [-0.25, -0.2) is 10.5 Å². The van der Waals surface area contributed by atoms with Crippen LogP contribution in [-0.2, 0) is 11.3 Å². The van der Waals surface area contributed by atoms with E-state index in [4.69, 9.17) is 9.94 Å². The second-order valence-electron chi connectivity index (χ2n) is 6.03. The molecule has 2 N–H and O–H groups in total. The molecule has 2 heterocycles. The third-order valence-electron chi connectivity index (χ3n) is 4.35. The van der Waals surface area contributed by atoms with Crippen molar-refractivity contribution in [3.05, 3.63) is 72.3 Å². The molecule has 27 heavy (non-hydrogen) atoms. The van der Waals surface area contributed by atoms with Gasteiger partial charge in [0.2, 0.25) is 0 Å². The van der Waals surface area contributed by atoms with E-state index in [1.165, 1.54) is 12.1 Å². The Hall–Kier alpha value is -3.65. The molecule has 8 heteroatoms. The lowest BCUT2D eigenvalue weighted by Gasteiger charge is -2.29. The lowest BCUT2D eigenvalue weighted by Crippen LogP contribution is -2.38. The molecule has 0 saturated carbocycles. The molecule has 0 saturated heterocycles. The molecule has 1 aliphatic rings. The Kier molecular flexibility index (Phi) is 4.31. The first-order chi connectivity index (χ1) is 13.2. The first-order valence-electron chi connectivity index (χ1n) is 8.24. The van der Waals surface area contributed by atoms with Crippen LogP contribution in [0.1, 0.15) is 15.9 Å². The zero-order valence-electron chi connectivity index (χ0n) is 14.2. The number of anilines is 1. The fourth-order valence-corrected chi connectivity index (χ4v) is 2.95. The summed E-state index contributed by atoms with van der Waals surface area (Å²) in [5.41, 5.74) is 4.21. The zero-order valence-corrected chi connectivity index (χ0v) is 14.2. The van der Waals surface area contributed by atoms with Gasteiger partial charge in [0.1, 0.15) is 5.75 Å². The highest BCUT2D eigenvalue weighted by molar-refractivity contribution is 6.01. The Balaban J connectivity index is 1.62. The van der Waals surface area contributed by atoms with E-state index < -0.39 is 5.91 Å². The first-order valence-corrected chi connectivity index (χ1v) is 8.24. The number of nitrogens with zero attached hydrogens (tertiary/aromatic N) is 3. The maximum atomic E-state index is 12.4. The standard InChI is InChI=1S/C19H16N4O4/c24-18-11-27-17-6-3-14(19(25)21-26)9-16(17)23(18)10-13-1-4-15(5-2-13)22-8-7-20-12-22/h1-9,12,26H,10-11H2,(H,21,25). The van der Waals surface area contributed by atoms with Crippen molar-refractivity contribution in [2.75, 3.05) is 11.5 Å². The van der Waals surface area contributed by atoms with Gasteiger partial charge in [0.05, 0.1) is 18.6 Å². The smallest absolute Gasteiger partial charge is 0.274 e. The SMILES string of the molecule is O=C(NO)c1ccc2c(c1)N(Cc1ccc(-n3ccnc3)cc1)C(=O)CO2. The molecule has 0 bridgehead atoms. The number of hydrogen-bond donors (Lipinski definition) is 2. The highest BCUT2D eigenvalue weighted by Crippen LogP contribution is 2.34. The topological polar surface area (TPSA) is 96.7 Å². The molecular weight excluding hydrogens is 348 g/mol. The maximum Gasteiger partial charge on any atom is 0.274 e. The summed E-state index contributed by atoms with van der Waals surface area (Å²) in [6, 6.07) is 12.4. The number of nitrogens with one attached hydrogen (secondary N) is 1. The predicted octanol–water partition coefficient (Wildman–Crippen LogP) is 1.92. The molecule has 1 aliphatic heterocycles. The summed E-state index contributed by atoms with van der Waals surface area (Å²) in [6.07, 6.45) is 5.27. The fourth-order valence-electron chi connectivity index (χ4n) is 2.95. The lowest BCUT2D eigenvalue weighted by molar-refractivity contribution is -0.121. The molecule has 0 spiro atoms. The summed E-state index contributed by atoms with van der Waals surface area (Å²) in [7, 11) is 0. The second kappa shape index (κ2) is 6.93. The molecule has 2 amide bonds. The molecular formula is C19H16N4O4. The number of hydrogen-bond acceptors (Lipinski definition) is 5. The minimum Gasteiger partial charge on any atom is -0.482 e. The molecule has 2 aromatic carbocycles. The van der Waals surface area contributed by atoms with Gasteiger partial charge in [-0.3, -0.25) is 14.8 Å². The van der Waals surface area contributed by atoms with Gasteiger partial charge >= 0.3 is 0 Å². The Morgan fingerprint density at radius 3 is 2.74 bits per heavy atom. The highest BCUT2D eigenvalue weighted by Gasteiger charge is 2.26. The Morgan fingerprint density at radius 1 is 1.22 bits per heavy atom. The van der Waals surface area contributed by atoms with Gasteiger partial charge in [-0.1, -0.05) is 12.1 Å². The van der Waals surface area contributed by atoms with Crippen LogP contribution in [0.4, 0.5) is 5.69 Å². The van der Waals surface area contributed by atoms with Crippen LogP contribution in [0.15, 0.2) is 61.2 Å². The van der Waals surface area contributed by atoms with Gasteiger partial charge in [0.25, 0.3) is 11.8 Å². The van der Waals surface area contributed by atoms with E-state index in [2.05, 4.69) is 4.98 Å². The number of aromatic nitrogens is 2. The van der Waals surface area contributed by atoms with E-state index in [1.807, 2.05) is 35.0 Å². The Morgan fingerprint density at radius 2 is 2.04 bits per heavy atom. The highest BCUT2D eigenvalue weighted by atomic mass is 16.5. The van der Waals surface area contributed by atoms with Crippen molar-refractivity contribution in [2.45, 2.75) is 6.54 Å². The van der Waals surface area contributed by atoms with Crippen LogP contribution in [0.5, 0.6) is 5.75 Å². The van der Waals surface area contributed by atoms with Crippen LogP contribution < -0.4 is 15.1 Å². The van der Waals surface area contributed by atoms with E-state index in [9.17, 15) is 9.59 Å². The molecule has 0 radical (unpaired) electrons. The predicted molar refractivity (Wildman–Crippen MR) is 95.9 cm³/mol. The molecule has 0 unspecified atom stereocenters. The van der Waals surface area contributed by atoms with Crippen molar-refractivity contribution < 1.29 is 19.5 Å². The van der Waals surface area contributed by atoms with Gasteiger partial charge in [-0.05, 0) is 35.9 Å². The molecule has 1 aromatic heterocycles. The number of amides is 2. The number of hydroxylamine groups is 1. The van der Waals surface area contributed by atoms with Gasteiger partial charge in [-0.2, -0.15) is 0 Å². The fraction of sp³-hybridized carbons (Fsp3) is 0.105. The third kappa shape index (κ3) is 3.25. The van der Waals surface area contributed by atoms with Crippen molar-refractivity contribution >= 4 is 17.5 Å². The summed E-state index contributed by atoms with van der Waals surface area (Å²) in [4.78, 5) is 29.7. The Labute approximate surface area is 154 Å². The molecule has 136 valence electrons. The van der Waals surface area contributed by atoms with E-state index >= 15 is 0 Å². The van der Waals surface area contributed by atoms with Crippen LogP contribution in [0.25, 0.3) is 5.69 Å². The van der Waals surface area contributed by atoms with E-state index in [-0.39, 0.29) is 18.1 Å². The molecule has 0 atom stereocenters. The summed E-state index contributed by atoms with van der Waals surface area (Å²) < 4.78 is 7.33. The van der Waals surface area contributed by atoms with Crippen molar-refractivity contribution in [2.24, 2.45) is 0 Å². The third-order valence-corrected chi connectivity index (χ3v) is 4.35. The van der Waals surface area contributed by atoms with Crippen LogP contribution in [-0.4, -0.2) is 33.2 Å². The first kappa shape index (κ1) is 16.8. The normalized spacial score (nSPS) is 13.1. The Bertz CT molecular complexity index is 983. The quantitative estimate of drug-likeness (QED) is 0.545. The number of carbonyl (C=O) groups is 2. The number of rotatable bonds is 4. The lowest BCUT2D eigenvalue weighted by atomic mass is 10.1. The zero-order chi connectivity index (χ0) is 18.8. The largest absolute Gasteiger partial charge is 0.482 e. The van der Waals surface area contributed by atoms with Crippen LogP contribution in [0, 0.1) is 0 Å². The number of fused-ring (bicyclic) bond motifs is 1. The van der Waals surface area contributed by atoms with Crippen LogP contribution >= 0.6 is 0 Å². The van der Waals surface area contributed by atoms with Crippen molar-refractivity contribution in [3.8, 4) is 11.4 Å². The molecule has 4 rings (SSSR count). The number of carbonyl (C=O) groups excluding carboxylic acids is 2. The average Bonchev–Trinajstić information content (AvgIpc) is 3.24. The minimum absolute atomic E-state index is 0.0638. The summed E-state index contributed by atoms with van der Waals surface area (Å²) in [5.74, 6) is -0.345. The van der Waals surface area contributed by atoms with Gasteiger partial charge in [0.15, 0.2) is 6.61 Å². The second-order valence-corrected chi connectivity index (χ2v) is 6.03.